The van der Waals surface area contributed by atoms with Gasteiger partial charge in [0.05, 0.1) is 0 Å². The van der Waals surface area contributed by atoms with Gasteiger partial charge in [-0.3, -0.25) is 0 Å². The van der Waals surface area contributed by atoms with Crippen molar-refractivity contribution >= 4 is 76.9 Å². The predicted molar refractivity (Wildman–Crippen MR) is 235 cm³/mol. The standard InChI is InChI=1S/C53H34Se/c1-33-29-31-35(32-30-33)49-38-19-7-11-23-42(38)51(43-24-12-8-20-39(43)49)45-26-14-28-47-53(45)52-44(25-13-27-46(52)54-47)50-40-21-9-5-17-36(40)48(34-15-3-2-4-16-34)37-18-6-10-22-41(37)50/h2-32H,1H3. The van der Waals surface area contributed by atoms with Gasteiger partial charge in [-0.1, -0.05) is 0 Å². The summed E-state index contributed by atoms with van der Waals surface area (Å²) in [5, 5.41) is 13.1. The van der Waals surface area contributed by atoms with Gasteiger partial charge in [0.1, 0.15) is 0 Å². The van der Waals surface area contributed by atoms with Crippen LogP contribution in [0.5, 0.6) is 0 Å². The van der Waals surface area contributed by atoms with E-state index in [1.807, 2.05) is 0 Å². The molecule has 0 fully saturated rings. The Morgan fingerprint density at radius 3 is 1.00 bits per heavy atom. The summed E-state index contributed by atoms with van der Waals surface area (Å²) in [6.45, 7) is 2.16. The fraction of sp³-hybridized carbons (Fsp3) is 0.0189. The van der Waals surface area contributed by atoms with Crippen LogP contribution in [0.4, 0.5) is 0 Å². The van der Waals surface area contributed by atoms with Crippen molar-refractivity contribution < 1.29 is 0 Å². The van der Waals surface area contributed by atoms with Gasteiger partial charge in [0.2, 0.25) is 0 Å². The van der Waals surface area contributed by atoms with Gasteiger partial charge in [-0.05, 0) is 0 Å². The monoisotopic (exact) mass is 750 g/mol. The van der Waals surface area contributed by atoms with Gasteiger partial charge in [0, 0.05) is 0 Å². The molecule has 54 heavy (non-hydrogen) atoms. The van der Waals surface area contributed by atoms with Crippen LogP contribution in [-0.2, 0) is 0 Å². The van der Waals surface area contributed by atoms with E-state index in [4.69, 9.17) is 0 Å². The Hall–Kier alpha value is -6.24. The van der Waals surface area contributed by atoms with Crippen molar-refractivity contribution in [3.05, 3.63) is 194 Å². The van der Waals surface area contributed by atoms with Crippen LogP contribution in [0.3, 0.4) is 0 Å². The molecule has 0 aliphatic rings. The fourth-order valence-corrected chi connectivity index (χ4v) is 11.5. The van der Waals surface area contributed by atoms with Crippen molar-refractivity contribution in [3.63, 3.8) is 0 Å². The fourth-order valence-electron chi connectivity index (χ4n) is 9.07. The Labute approximate surface area is 320 Å². The molecule has 0 spiro atoms. The summed E-state index contributed by atoms with van der Waals surface area (Å²) in [5.74, 6) is 0. The normalized spacial score (nSPS) is 11.8. The van der Waals surface area contributed by atoms with E-state index in [0.717, 1.165) is 0 Å². The molecule has 1 heterocycles. The van der Waals surface area contributed by atoms with E-state index in [2.05, 4.69) is 195 Å². The minimum absolute atomic E-state index is 0.180. The summed E-state index contributed by atoms with van der Waals surface area (Å²) in [5.41, 5.74) is 11.7. The molecule has 0 aliphatic carbocycles. The summed E-state index contributed by atoms with van der Waals surface area (Å²) in [7, 11) is 0. The number of hydrogen-bond acceptors (Lipinski definition) is 0. The van der Waals surface area contributed by atoms with E-state index >= 15 is 0 Å². The minimum atomic E-state index is 0.180. The number of aryl methyl sites for hydroxylation is 1. The molecule has 11 aromatic rings. The molecule has 11 rings (SSSR count). The third-order valence-electron chi connectivity index (χ3n) is 11.3. The summed E-state index contributed by atoms with van der Waals surface area (Å²) in [4.78, 5) is 0. The zero-order valence-electron chi connectivity index (χ0n) is 29.8. The Kier molecular flexibility index (Phi) is 7.20. The maximum absolute atomic E-state index is 2.38. The second-order valence-electron chi connectivity index (χ2n) is 14.4. The maximum atomic E-state index is 2.38. The molecule has 0 saturated heterocycles. The van der Waals surface area contributed by atoms with Crippen molar-refractivity contribution in [3.8, 4) is 44.5 Å². The molecule has 0 saturated carbocycles. The summed E-state index contributed by atoms with van der Waals surface area (Å²) in [6.07, 6.45) is 0. The van der Waals surface area contributed by atoms with E-state index in [-0.39, 0.29) is 14.5 Å². The summed E-state index contributed by atoms with van der Waals surface area (Å²) >= 11 is 0.180. The zero-order chi connectivity index (χ0) is 35.8. The van der Waals surface area contributed by atoms with E-state index in [1.165, 1.54) is 112 Å². The van der Waals surface area contributed by atoms with Crippen LogP contribution < -0.4 is 0 Å². The van der Waals surface area contributed by atoms with Crippen LogP contribution in [0.15, 0.2) is 188 Å². The van der Waals surface area contributed by atoms with Gasteiger partial charge in [-0.25, -0.2) is 0 Å². The Bertz CT molecular complexity index is 3140. The second-order valence-corrected chi connectivity index (χ2v) is 16.6. The molecule has 0 radical (unpaired) electrons. The average Bonchev–Trinajstić information content (AvgIpc) is 3.62. The van der Waals surface area contributed by atoms with Crippen LogP contribution >= 0.6 is 0 Å². The third kappa shape index (κ3) is 4.69. The molecule has 10 aromatic carbocycles. The van der Waals surface area contributed by atoms with Crippen LogP contribution in [0, 0.1) is 6.92 Å². The van der Waals surface area contributed by atoms with Gasteiger partial charge in [-0.2, -0.15) is 0 Å². The molecular formula is C53H34Se. The molecule has 0 atom stereocenters. The van der Waals surface area contributed by atoms with E-state index in [1.54, 1.807) is 0 Å². The third-order valence-corrected chi connectivity index (χ3v) is 13.7. The Morgan fingerprint density at radius 2 is 0.611 bits per heavy atom. The summed E-state index contributed by atoms with van der Waals surface area (Å²) in [6, 6.07) is 70.2. The Balaban J connectivity index is 1.28. The van der Waals surface area contributed by atoms with Crippen LogP contribution in [0.25, 0.3) is 107 Å². The molecule has 0 amide bonds. The van der Waals surface area contributed by atoms with Crippen LogP contribution in [-0.4, -0.2) is 14.5 Å². The molecule has 0 aliphatic heterocycles. The first-order chi connectivity index (χ1) is 26.7. The number of benzene rings is 10. The number of rotatable bonds is 4. The zero-order valence-corrected chi connectivity index (χ0v) is 31.5. The van der Waals surface area contributed by atoms with Crippen LogP contribution in [0.1, 0.15) is 5.56 Å². The van der Waals surface area contributed by atoms with E-state index < -0.39 is 0 Å². The SMILES string of the molecule is Cc1ccc(-c2c3ccccc3c(-c3cccc4[se]c5cccc(-c6c7ccccc7c(-c7ccccc7)c7ccccc67)c5c34)c3ccccc23)cc1. The second kappa shape index (κ2) is 12.4. The van der Waals surface area contributed by atoms with Crippen LogP contribution in [0.2, 0.25) is 0 Å². The van der Waals surface area contributed by atoms with E-state index in [0.29, 0.717) is 0 Å². The number of hydrogen-bond donors (Lipinski definition) is 0. The number of fused-ring (bicyclic) bond motifs is 7. The summed E-state index contributed by atoms with van der Waals surface area (Å²) < 4.78 is 2.90. The van der Waals surface area contributed by atoms with Gasteiger partial charge >= 0.3 is 322 Å². The quantitative estimate of drug-likeness (QED) is 0.124. The first-order valence-electron chi connectivity index (χ1n) is 18.7. The molecule has 1 heteroatoms. The Morgan fingerprint density at radius 1 is 0.278 bits per heavy atom. The van der Waals surface area contributed by atoms with E-state index in [9.17, 15) is 0 Å². The first kappa shape index (κ1) is 31.3. The van der Waals surface area contributed by atoms with Gasteiger partial charge < -0.3 is 0 Å². The first-order valence-corrected chi connectivity index (χ1v) is 20.4. The molecule has 0 bridgehead atoms. The van der Waals surface area contributed by atoms with Gasteiger partial charge in [0.15, 0.2) is 0 Å². The van der Waals surface area contributed by atoms with Crippen molar-refractivity contribution in [2.24, 2.45) is 0 Å². The molecule has 252 valence electrons. The molecule has 0 unspecified atom stereocenters. The average molecular weight is 750 g/mol. The van der Waals surface area contributed by atoms with Crippen molar-refractivity contribution in [1.29, 1.82) is 0 Å². The van der Waals surface area contributed by atoms with Crippen molar-refractivity contribution in [2.45, 2.75) is 6.92 Å². The molecular weight excluding hydrogens is 716 g/mol. The van der Waals surface area contributed by atoms with Gasteiger partial charge in [-0.15, -0.1) is 0 Å². The molecule has 1 aromatic heterocycles. The predicted octanol–water partition coefficient (Wildman–Crippen LogP) is 14.6. The van der Waals surface area contributed by atoms with Gasteiger partial charge in [0.25, 0.3) is 0 Å². The molecule has 0 N–H and O–H groups in total. The molecule has 0 nitrogen and oxygen atoms in total. The van der Waals surface area contributed by atoms with Crippen molar-refractivity contribution in [1.82, 2.24) is 0 Å². The topological polar surface area (TPSA) is 0 Å². The van der Waals surface area contributed by atoms with Crippen molar-refractivity contribution in [2.75, 3.05) is 0 Å².